The third kappa shape index (κ3) is 2.16. The van der Waals surface area contributed by atoms with Gasteiger partial charge in [-0.1, -0.05) is 36.4 Å². The lowest BCUT2D eigenvalue weighted by Gasteiger charge is -2.03. The number of aryl methyl sites for hydroxylation is 1. The normalized spacial score (nSPS) is 9.38. The van der Waals surface area contributed by atoms with Gasteiger partial charge in [-0.05, 0) is 12.5 Å². The maximum atomic E-state index is 11.1. The first-order valence-corrected chi connectivity index (χ1v) is 3.92. The summed E-state index contributed by atoms with van der Waals surface area (Å²) in [5, 5.41) is 0. The highest BCUT2D eigenvalue weighted by Gasteiger charge is 2.06. The minimum atomic E-state index is -0.358. The summed E-state index contributed by atoms with van der Waals surface area (Å²) in [6, 6.07) is 7.52. The molecular formula is C10H12N2O. The Balaban J connectivity index is 2.90. The van der Waals surface area contributed by atoms with Crippen LogP contribution in [-0.2, 0) is 4.79 Å². The number of carbonyl (C=O) groups excluding carboxylic acids is 1. The van der Waals surface area contributed by atoms with E-state index in [0.29, 0.717) is 5.57 Å². The molecule has 0 heterocycles. The van der Waals surface area contributed by atoms with Crippen LogP contribution in [0.5, 0.6) is 0 Å². The summed E-state index contributed by atoms with van der Waals surface area (Å²) in [4.78, 5) is 11.1. The number of amides is 1. The Hall–Kier alpha value is -1.61. The second kappa shape index (κ2) is 3.87. The monoisotopic (exact) mass is 176 g/mol. The fourth-order valence-electron chi connectivity index (χ4n) is 0.973. The average Bonchev–Trinajstić information content (AvgIpc) is 2.17. The zero-order chi connectivity index (χ0) is 9.84. The van der Waals surface area contributed by atoms with Crippen LogP contribution in [0.25, 0.3) is 5.57 Å². The number of carbonyl (C=O) groups is 1. The van der Waals surface area contributed by atoms with Crippen molar-refractivity contribution in [1.82, 2.24) is 5.43 Å². The van der Waals surface area contributed by atoms with Crippen LogP contribution in [0.3, 0.4) is 0 Å². The molecule has 13 heavy (non-hydrogen) atoms. The van der Waals surface area contributed by atoms with Crippen LogP contribution in [0.2, 0.25) is 0 Å². The van der Waals surface area contributed by atoms with Crippen molar-refractivity contribution >= 4 is 11.5 Å². The Labute approximate surface area is 77.2 Å². The summed E-state index contributed by atoms with van der Waals surface area (Å²) in [7, 11) is 0. The lowest BCUT2D eigenvalue weighted by molar-refractivity contribution is -0.115. The SMILES string of the molecule is C=C(C(=O)NN)c1ccc(C)cc1. The summed E-state index contributed by atoms with van der Waals surface area (Å²) in [5.74, 6) is 4.62. The van der Waals surface area contributed by atoms with Crippen molar-refractivity contribution in [3.63, 3.8) is 0 Å². The standard InChI is InChI=1S/C10H12N2O/c1-7-3-5-9(6-4-7)8(2)10(13)12-11/h3-6H,2,11H2,1H3,(H,12,13). The summed E-state index contributed by atoms with van der Waals surface area (Å²) in [6.45, 7) is 5.62. The molecule has 0 aliphatic heterocycles. The van der Waals surface area contributed by atoms with Gasteiger partial charge in [-0.2, -0.15) is 0 Å². The third-order valence-corrected chi connectivity index (χ3v) is 1.81. The maximum absolute atomic E-state index is 11.1. The lowest BCUT2D eigenvalue weighted by atomic mass is 10.1. The Kier molecular flexibility index (Phi) is 2.82. The van der Waals surface area contributed by atoms with E-state index in [2.05, 4.69) is 6.58 Å². The van der Waals surface area contributed by atoms with Crippen molar-refractivity contribution in [1.29, 1.82) is 0 Å². The number of rotatable bonds is 2. The fourth-order valence-corrected chi connectivity index (χ4v) is 0.973. The Morgan fingerprint density at radius 1 is 1.38 bits per heavy atom. The van der Waals surface area contributed by atoms with Gasteiger partial charge < -0.3 is 0 Å². The molecule has 1 amide bonds. The van der Waals surface area contributed by atoms with Gasteiger partial charge in [0.25, 0.3) is 5.91 Å². The first-order chi connectivity index (χ1) is 6.15. The van der Waals surface area contributed by atoms with Crippen LogP contribution in [0.1, 0.15) is 11.1 Å². The number of nitrogens with two attached hydrogens (primary N) is 1. The highest BCUT2D eigenvalue weighted by atomic mass is 16.2. The predicted molar refractivity (Wildman–Crippen MR) is 52.5 cm³/mol. The highest BCUT2D eigenvalue weighted by Crippen LogP contribution is 2.12. The van der Waals surface area contributed by atoms with E-state index in [-0.39, 0.29) is 5.91 Å². The summed E-state index contributed by atoms with van der Waals surface area (Å²) < 4.78 is 0. The van der Waals surface area contributed by atoms with Crippen molar-refractivity contribution in [2.45, 2.75) is 6.92 Å². The number of benzene rings is 1. The van der Waals surface area contributed by atoms with E-state index in [1.54, 1.807) is 0 Å². The molecule has 0 aliphatic carbocycles. The summed E-state index contributed by atoms with van der Waals surface area (Å²) in [5.41, 5.74) is 4.35. The molecule has 0 fully saturated rings. The molecule has 0 aliphatic rings. The van der Waals surface area contributed by atoms with Gasteiger partial charge in [0, 0.05) is 5.57 Å². The van der Waals surface area contributed by atoms with Crippen molar-refractivity contribution in [3.05, 3.63) is 42.0 Å². The molecule has 1 rings (SSSR count). The van der Waals surface area contributed by atoms with Crippen LogP contribution in [-0.4, -0.2) is 5.91 Å². The second-order valence-corrected chi connectivity index (χ2v) is 2.82. The average molecular weight is 176 g/mol. The molecule has 0 saturated carbocycles. The number of hydrazine groups is 1. The van der Waals surface area contributed by atoms with E-state index in [0.717, 1.165) is 11.1 Å². The molecule has 0 radical (unpaired) electrons. The van der Waals surface area contributed by atoms with Gasteiger partial charge in [0.05, 0.1) is 0 Å². The van der Waals surface area contributed by atoms with Gasteiger partial charge in [-0.15, -0.1) is 0 Å². The molecule has 0 saturated heterocycles. The van der Waals surface area contributed by atoms with E-state index in [4.69, 9.17) is 5.84 Å². The van der Waals surface area contributed by atoms with E-state index < -0.39 is 0 Å². The van der Waals surface area contributed by atoms with Crippen LogP contribution >= 0.6 is 0 Å². The molecular weight excluding hydrogens is 164 g/mol. The molecule has 0 unspecified atom stereocenters. The van der Waals surface area contributed by atoms with Crippen LogP contribution in [0.15, 0.2) is 30.8 Å². The van der Waals surface area contributed by atoms with Gasteiger partial charge in [-0.3, -0.25) is 10.2 Å². The van der Waals surface area contributed by atoms with E-state index >= 15 is 0 Å². The smallest absolute Gasteiger partial charge is 0.265 e. The van der Waals surface area contributed by atoms with Gasteiger partial charge >= 0.3 is 0 Å². The largest absolute Gasteiger partial charge is 0.290 e. The van der Waals surface area contributed by atoms with E-state index in [9.17, 15) is 4.79 Å². The molecule has 0 bridgehead atoms. The van der Waals surface area contributed by atoms with Crippen molar-refractivity contribution in [2.75, 3.05) is 0 Å². The maximum Gasteiger partial charge on any atom is 0.265 e. The minimum absolute atomic E-state index is 0.358. The molecule has 0 atom stereocenters. The zero-order valence-corrected chi connectivity index (χ0v) is 7.50. The summed E-state index contributed by atoms with van der Waals surface area (Å²) >= 11 is 0. The Morgan fingerprint density at radius 2 is 1.92 bits per heavy atom. The lowest BCUT2D eigenvalue weighted by Crippen LogP contribution is -2.30. The van der Waals surface area contributed by atoms with E-state index in [1.807, 2.05) is 36.6 Å². The Morgan fingerprint density at radius 3 is 2.38 bits per heavy atom. The molecule has 3 heteroatoms. The highest BCUT2D eigenvalue weighted by molar-refractivity contribution is 6.18. The van der Waals surface area contributed by atoms with Crippen LogP contribution in [0, 0.1) is 6.92 Å². The topological polar surface area (TPSA) is 55.1 Å². The number of hydrogen-bond donors (Lipinski definition) is 2. The zero-order valence-electron chi connectivity index (χ0n) is 7.50. The van der Waals surface area contributed by atoms with Gasteiger partial charge in [0.2, 0.25) is 0 Å². The molecule has 0 spiro atoms. The molecule has 3 nitrogen and oxygen atoms in total. The van der Waals surface area contributed by atoms with Gasteiger partial charge in [-0.25, -0.2) is 5.84 Å². The minimum Gasteiger partial charge on any atom is -0.290 e. The van der Waals surface area contributed by atoms with Crippen molar-refractivity contribution in [3.8, 4) is 0 Å². The van der Waals surface area contributed by atoms with Gasteiger partial charge in [0.1, 0.15) is 0 Å². The molecule has 1 aromatic rings. The van der Waals surface area contributed by atoms with Crippen LogP contribution < -0.4 is 11.3 Å². The molecule has 0 aromatic heterocycles. The Bertz CT molecular complexity index is 327. The van der Waals surface area contributed by atoms with Gasteiger partial charge in [0.15, 0.2) is 0 Å². The molecule has 68 valence electrons. The van der Waals surface area contributed by atoms with E-state index in [1.165, 1.54) is 0 Å². The fraction of sp³-hybridized carbons (Fsp3) is 0.100. The van der Waals surface area contributed by atoms with Crippen LogP contribution in [0.4, 0.5) is 0 Å². The number of nitrogens with one attached hydrogen (secondary N) is 1. The summed E-state index contributed by atoms with van der Waals surface area (Å²) in [6.07, 6.45) is 0. The first-order valence-electron chi connectivity index (χ1n) is 3.92. The first kappa shape index (κ1) is 9.48. The quantitative estimate of drug-likeness (QED) is 0.305. The number of hydrogen-bond acceptors (Lipinski definition) is 2. The predicted octanol–water partition coefficient (Wildman–Crippen LogP) is 0.998. The molecule has 1 aromatic carbocycles. The third-order valence-electron chi connectivity index (χ3n) is 1.81. The van der Waals surface area contributed by atoms with Crippen molar-refractivity contribution in [2.24, 2.45) is 5.84 Å². The van der Waals surface area contributed by atoms with Crippen molar-refractivity contribution < 1.29 is 4.79 Å². The molecule has 3 N–H and O–H groups in total. The second-order valence-electron chi connectivity index (χ2n) is 2.82.